The first kappa shape index (κ1) is 79.6. The number of carbonyl (C=O) groups is 10. The molecule has 0 fully saturated rings. The Labute approximate surface area is 585 Å². The van der Waals surface area contributed by atoms with Gasteiger partial charge in [0.05, 0.1) is 23.7 Å². The lowest BCUT2D eigenvalue weighted by molar-refractivity contribution is -0.163. The quantitative estimate of drug-likeness (QED) is 0.0507. The molecule has 0 aromatic heterocycles. The molecule has 3 heterocycles. The van der Waals surface area contributed by atoms with Gasteiger partial charge in [0, 0.05) is 63.2 Å². The van der Waals surface area contributed by atoms with Crippen LogP contribution >= 0.6 is 0 Å². The number of amides is 1. The number of carboxylic acid groups (broad SMARTS) is 1. The summed E-state index contributed by atoms with van der Waals surface area (Å²) in [4.78, 5) is 121. The van der Waals surface area contributed by atoms with Crippen LogP contribution < -0.4 is 33.7 Å². The van der Waals surface area contributed by atoms with Crippen LogP contribution in [-0.2, 0) is 70.1 Å². The summed E-state index contributed by atoms with van der Waals surface area (Å²) in [6.07, 6.45) is 2.85. The van der Waals surface area contributed by atoms with Crippen LogP contribution in [0.4, 0.5) is 4.79 Å². The van der Waals surface area contributed by atoms with E-state index in [1.807, 2.05) is 84.0 Å². The molecular weight excluding hydrogens is 1290 g/mol. The van der Waals surface area contributed by atoms with E-state index in [0.717, 1.165) is 22.8 Å². The number of hydrogen-bond acceptors (Lipinski definition) is 20. The van der Waals surface area contributed by atoms with E-state index in [4.69, 9.17) is 52.5 Å². The molecule has 2 N–H and O–H groups in total. The predicted molar refractivity (Wildman–Crippen MR) is 375 cm³/mol. The van der Waals surface area contributed by atoms with Gasteiger partial charge in [0.1, 0.15) is 56.4 Å². The number of allylic oxidation sites excluding steroid dienone is 1. The summed E-state index contributed by atoms with van der Waals surface area (Å²) in [6, 6.07) is 21.8. The van der Waals surface area contributed by atoms with E-state index in [1.54, 1.807) is 106 Å². The second-order valence-corrected chi connectivity index (χ2v) is 31.9. The second-order valence-electron chi connectivity index (χ2n) is 31.9. The minimum Gasteiger partial charge on any atom is -0.487 e. The van der Waals surface area contributed by atoms with Crippen LogP contribution in [0, 0.1) is 10.8 Å². The summed E-state index contributed by atoms with van der Waals surface area (Å²) in [6.45, 7) is 39.6. The van der Waals surface area contributed by atoms with Gasteiger partial charge in [-0.1, -0.05) is 72.8 Å². The number of nitrogens with one attached hydrogen (secondary N) is 1. The number of fused-ring (bicyclic) bond motifs is 8. The summed E-state index contributed by atoms with van der Waals surface area (Å²) < 4.78 is 57.1. The van der Waals surface area contributed by atoms with Gasteiger partial charge in [0.2, 0.25) is 11.6 Å². The van der Waals surface area contributed by atoms with Crippen molar-refractivity contribution >= 4 is 86.7 Å². The highest BCUT2D eigenvalue weighted by Gasteiger charge is 2.43. The van der Waals surface area contributed by atoms with Crippen LogP contribution in [0.1, 0.15) is 225 Å². The van der Waals surface area contributed by atoms with Gasteiger partial charge in [-0.3, -0.25) is 38.4 Å². The fourth-order valence-corrected chi connectivity index (χ4v) is 10.9. The summed E-state index contributed by atoms with van der Waals surface area (Å²) in [5, 5.41) is 14.0. The van der Waals surface area contributed by atoms with E-state index in [0.29, 0.717) is 82.4 Å². The van der Waals surface area contributed by atoms with Crippen molar-refractivity contribution < 1.29 is 100 Å². The molecule has 3 aliphatic heterocycles. The van der Waals surface area contributed by atoms with Gasteiger partial charge >= 0.3 is 47.9 Å². The smallest absolute Gasteiger partial charge is 0.408 e. The van der Waals surface area contributed by atoms with E-state index in [1.165, 1.54) is 41.5 Å². The molecule has 0 spiro atoms. The highest BCUT2D eigenvalue weighted by molar-refractivity contribution is 6.52. The number of rotatable bonds is 12. The molecule has 0 bridgehead atoms. The molecular formula is C78H99NO21. The molecule has 22 nitrogen and oxygen atoms in total. The Hall–Kier alpha value is -9.34. The van der Waals surface area contributed by atoms with Crippen molar-refractivity contribution in [3.05, 3.63) is 101 Å². The molecule has 4 aliphatic rings. The van der Waals surface area contributed by atoms with E-state index >= 15 is 0 Å². The SMILES string of the molecule is CC(=O)Oc1c(OC(=O)C(C)(C)NC(=O)OC(C)(C)C)c2c(c3ccccc13)OC(C)(C)CC2.CC(=O)Oc1c2c(c3ccccc3c1OC(=O)C(C)(C)CC(=O)OC(C)(C)C)OC(C)(C)CC2.CC(C)(C)OC(=O)CC(C)(C)C(=O)O.CC1(C)CCC2=C(O1)c1ccccc1C(=O)C2=O. The molecule has 0 radical (unpaired) electrons. The fourth-order valence-electron chi connectivity index (χ4n) is 10.9. The largest absolute Gasteiger partial charge is 0.487 e. The number of Topliss-reactive ketones (excluding diaryl/α,β-unsaturated/α-hetero) is 2. The molecule has 0 atom stereocenters. The molecule has 542 valence electrons. The maximum atomic E-state index is 13.3. The van der Waals surface area contributed by atoms with E-state index in [9.17, 15) is 47.9 Å². The number of benzene rings is 5. The van der Waals surface area contributed by atoms with Gasteiger partial charge in [-0.2, -0.15) is 0 Å². The highest BCUT2D eigenvalue weighted by Crippen LogP contribution is 2.53. The Morgan fingerprint density at radius 2 is 0.820 bits per heavy atom. The van der Waals surface area contributed by atoms with Gasteiger partial charge in [-0.05, 0) is 184 Å². The minimum atomic E-state index is -1.43. The van der Waals surface area contributed by atoms with E-state index in [2.05, 4.69) is 5.32 Å². The summed E-state index contributed by atoms with van der Waals surface area (Å²) >= 11 is 0. The van der Waals surface area contributed by atoms with Crippen LogP contribution in [0.5, 0.6) is 34.5 Å². The molecule has 0 saturated carbocycles. The topological polar surface area (TPSA) is 295 Å². The lowest BCUT2D eigenvalue weighted by atomic mass is 9.82. The summed E-state index contributed by atoms with van der Waals surface area (Å²) in [7, 11) is 0. The van der Waals surface area contributed by atoms with Crippen molar-refractivity contribution in [2.45, 2.75) is 250 Å². The average molecular weight is 1390 g/mol. The molecule has 1 aliphatic carbocycles. The van der Waals surface area contributed by atoms with Crippen molar-refractivity contribution in [3.8, 4) is 34.5 Å². The predicted octanol–water partition coefficient (Wildman–Crippen LogP) is 15.2. The van der Waals surface area contributed by atoms with Gasteiger partial charge in [0.25, 0.3) is 0 Å². The minimum absolute atomic E-state index is 0.112. The molecule has 5 aromatic rings. The Morgan fingerprint density at radius 1 is 0.450 bits per heavy atom. The molecule has 100 heavy (non-hydrogen) atoms. The molecule has 0 saturated heterocycles. The van der Waals surface area contributed by atoms with E-state index in [-0.39, 0.29) is 41.4 Å². The monoisotopic (exact) mass is 1390 g/mol. The molecule has 22 heteroatoms. The van der Waals surface area contributed by atoms with Crippen LogP contribution in [0.2, 0.25) is 0 Å². The number of esters is 6. The standard InChI is InChI=1S/C27H34O7.C26H33NO7.C15H14O3.C10H18O4/c1-16(28)31-23-19-13-14-27(7,8)34-21(19)17-11-9-10-12-18(17)22(23)32-24(30)26(5,6)15-20(29)33-25(2,3)4;1-15(28)31-20-17-12-10-9-11-16(17)19-18(13-14-25(5,6)33-19)21(20)32-22(29)26(7,8)27-23(30)34-24(2,3)4;1-15(2)8-7-11-13(17)12(16)9-5-3-4-6-10(9)14(11)18-15;1-9(2,3)14-7(11)6-10(4,5)8(12)13/h9-12H,13-15H2,1-8H3;9-12H,13-14H2,1-8H3,(H,27,30);3-6H,7-8H2,1-2H3;6H2,1-5H3,(H,12,13). The van der Waals surface area contributed by atoms with Crippen molar-refractivity contribution in [2.24, 2.45) is 10.8 Å². The zero-order valence-corrected chi connectivity index (χ0v) is 62.2. The fraction of sp³-hybridized carbons (Fsp3) is 0.513. The maximum absolute atomic E-state index is 13.3. The third-order valence-electron chi connectivity index (χ3n) is 15.9. The zero-order chi connectivity index (χ0) is 75.4. The number of alkyl carbamates (subject to hydrolysis) is 1. The maximum Gasteiger partial charge on any atom is 0.408 e. The van der Waals surface area contributed by atoms with Gasteiger partial charge < -0.3 is 57.8 Å². The summed E-state index contributed by atoms with van der Waals surface area (Å²) in [5.41, 5.74) is -3.65. The normalized spacial score (nSPS) is 15.8. The molecule has 1 amide bonds. The van der Waals surface area contributed by atoms with Crippen molar-refractivity contribution in [2.75, 3.05) is 0 Å². The van der Waals surface area contributed by atoms with Crippen molar-refractivity contribution in [1.82, 2.24) is 5.32 Å². The number of aliphatic carboxylic acids is 1. The second kappa shape index (κ2) is 29.8. The number of carbonyl (C=O) groups excluding carboxylic acids is 9. The van der Waals surface area contributed by atoms with Crippen molar-refractivity contribution in [1.29, 1.82) is 0 Å². The van der Waals surface area contributed by atoms with Gasteiger partial charge in [-0.15, -0.1) is 0 Å². The zero-order valence-electron chi connectivity index (χ0n) is 62.2. The van der Waals surface area contributed by atoms with Gasteiger partial charge in [-0.25, -0.2) is 9.59 Å². The van der Waals surface area contributed by atoms with Crippen LogP contribution in [0.15, 0.2) is 78.4 Å². The number of hydrogen-bond donors (Lipinski definition) is 2. The van der Waals surface area contributed by atoms with Crippen LogP contribution in [-0.4, -0.2) is 104 Å². The molecule has 9 rings (SSSR count). The first-order chi connectivity index (χ1) is 45.7. The Kier molecular flexibility index (Phi) is 23.8. The van der Waals surface area contributed by atoms with Crippen LogP contribution in [0.3, 0.4) is 0 Å². The first-order valence-corrected chi connectivity index (χ1v) is 33.4. The summed E-state index contributed by atoms with van der Waals surface area (Å²) in [5.74, 6) is -2.85. The van der Waals surface area contributed by atoms with E-state index < -0.39 is 104 Å². The number of carboxylic acids is 1. The molecule has 0 unspecified atom stereocenters. The number of ketones is 2. The highest BCUT2D eigenvalue weighted by atomic mass is 16.6. The van der Waals surface area contributed by atoms with Gasteiger partial charge in [0.15, 0.2) is 23.0 Å². The Balaban J connectivity index is 0.000000223. The Morgan fingerprint density at radius 3 is 1.26 bits per heavy atom. The first-order valence-electron chi connectivity index (χ1n) is 33.4. The lowest BCUT2D eigenvalue weighted by Crippen LogP contribution is -2.53. The Bertz CT molecular complexity index is 4080. The average Bonchev–Trinajstić information content (AvgIpc) is 0.756. The number of ether oxygens (including phenoxy) is 10. The van der Waals surface area contributed by atoms with Crippen molar-refractivity contribution in [3.63, 3.8) is 0 Å². The van der Waals surface area contributed by atoms with Crippen LogP contribution in [0.25, 0.3) is 27.3 Å². The third-order valence-corrected chi connectivity index (χ3v) is 15.9. The molecule has 5 aromatic carbocycles. The third kappa shape index (κ3) is 20.9. The lowest BCUT2D eigenvalue weighted by Gasteiger charge is -2.36.